The van der Waals surface area contributed by atoms with Crippen LogP contribution in [0, 0.1) is 0 Å². The zero-order valence-electron chi connectivity index (χ0n) is 14.3. The van der Waals surface area contributed by atoms with Gasteiger partial charge in [-0.25, -0.2) is 13.6 Å². The van der Waals surface area contributed by atoms with Gasteiger partial charge in [-0.3, -0.25) is 14.5 Å². The molecule has 6 nitrogen and oxygen atoms in total. The number of ether oxygens (including phenoxy) is 1. The van der Waals surface area contributed by atoms with Crippen LogP contribution in [0.25, 0.3) is 0 Å². The Morgan fingerprint density at radius 1 is 1.16 bits per heavy atom. The third-order valence-corrected chi connectivity index (χ3v) is 3.48. The molecule has 0 N–H and O–H groups in total. The van der Waals surface area contributed by atoms with Crippen LogP contribution >= 0.6 is 0 Å². The van der Waals surface area contributed by atoms with Crippen molar-refractivity contribution in [3.8, 4) is 0 Å². The van der Waals surface area contributed by atoms with Crippen molar-refractivity contribution >= 4 is 17.9 Å². The van der Waals surface area contributed by atoms with Crippen molar-refractivity contribution in [3.05, 3.63) is 35.4 Å². The quantitative estimate of drug-likeness (QED) is 0.763. The molecule has 8 heteroatoms. The summed E-state index contributed by atoms with van der Waals surface area (Å²) in [5, 5.41) is 0. The Morgan fingerprint density at radius 3 is 2.12 bits per heavy atom. The summed E-state index contributed by atoms with van der Waals surface area (Å²) in [5.74, 6) is -0.997. The van der Waals surface area contributed by atoms with Crippen LogP contribution in [0.2, 0.25) is 0 Å². The average Bonchev–Trinajstić information content (AvgIpc) is 2.74. The second kappa shape index (κ2) is 7.16. The third kappa shape index (κ3) is 4.52. The molecule has 1 aromatic carbocycles. The Kier molecular flexibility index (Phi) is 5.39. The van der Waals surface area contributed by atoms with E-state index in [2.05, 4.69) is 0 Å². The molecule has 0 saturated carbocycles. The number of benzene rings is 1. The van der Waals surface area contributed by atoms with Crippen molar-refractivity contribution in [2.75, 3.05) is 19.6 Å². The van der Waals surface area contributed by atoms with Crippen LogP contribution in [-0.2, 0) is 4.74 Å². The summed E-state index contributed by atoms with van der Waals surface area (Å²) in [6.07, 6.45) is -3.67. The van der Waals surface area contributed by atoms with E-state index in [0.717, 1.165) is 9.80 Å². The monoisotopic (exact) mass is 354 g/mol. The zero-order valence-corrected chi connectivity index (χ0v) is 14.3. The second-order valence-electron chi connectivity index (χ2n) is 6.62. The zero-order chi connectivity index (χ0) is 18.8. The first-order valence-corrected chi connectivity index (χ1v) is 7.81. The van der Waals surface area contributed by atoms with Crippen molar-refractivity contribution < 1.29 is 27.9 Å². The van der Waals surface area contributed by atoms with Gasteiger partial charge in [0.25, 0.3) is 18.2 Å². The van der Waals surface area contributed by atoms with Gasteiger partial charge in [-0.05, 0) is 32.9 Å². The normalized spacial score (nSPS) is 14.1. The smallest absolute Gasteiger partial charge is 0.410 e. The molecule has 0 unspecified atom stereocenters. The van der Waals surface area contributed by atoms with Crippen LogP contribution in [0.15, 0.2) is 24.3 Å². The van der Waals surface area contributed by atoms with Crippen molar-refractivity contribution in [2.45, 2.75) is 32.8 Å². The number of alkyl halides is 2. The number of fused-ring (bicyclic) bond motifs is 1. The van der Waals surface area contributed by atoms with Gasteiger partial charge >= 0.3 is 6.09 Å². The van der Waals surface area contributed by atoms with Crippen LogP contribution in [-0.4, -0.2) is 59.4 Å². The molecule has 0 saturated heterocycles. The van der Waals surface area contributed by atoms with Gasteiger partial charge in [0.15, 0.2) is 0 Å². The number of nitrogens with zero attached hydrogens (tertiary/aromatic N) is 2. The Morgan fingerprint density at radius 2 is 1.68 bits per heavy atom. The van der Waals surface area contributed by atoms with Crippen molar-refractivity contribution in [1.29, 1.82) is 0 Å². The molecule has 1 aliphatic rings. The predicted octanol–water partition coefficient (Wildman–Crippen LogP) is 2.78. The first-order chi connectivity index (χ1) is 11.6. The van der Waals surface area contributed by atoms with E-state index in [-0.39, 0.29) is 24.2 Å². The molecule has 0 atom stereocenters. The summed E-state index contributed by atoms with van der Waals surface area (Å²) >= 11 is 0. The molecule has 0 aromatic heterocycles. The van der Waals surface area contributed by atoms with Gasteiger partial charge in [0, 0.05) is 13.1 Å². The van der Waals surface area contributed by atoms with Gasteiger partial charge in [-0.2, -0.15) is 0 Å². The van der Waals surface area contributed by atoms with Crippen molar-refractivity contribution in [3.63, 3.8) is 0 Å². The molecule has 3 amide bonds. The van der Waals surface area contributed by atoms with E-state index in [4.69, 9.17) is 4.74 Å². The summed E-state index contributed by atoms with van der Waals surface area (Å²) < 4.78 is 30.6. The SMILES string of the molecule is CC(C)(C)OC(=O)N(CCN1C(=O)c2ccccc2C1=O)CC(F)F. The molecular formula is C17H20F2N2O4. The van der Waals surface area contributed by atoms with Gasteiger partial charge in [-0.15, -0.1) is 0 Å². The molecule has 1 heterocycles. The van der Waals surface area contributed by atoms with Crippen LogP contribution in [0.3, 0.4) is 0 Å². The highest BCUT2D eigenvalue weighted by Gasteiger charge is 2.35. The summed E-state index contributed by atoms with van der Waals surface area (Å²) in [6, 6.07) is 6.33. The van der Waals surface area contributed by atoms with Crippen LogP contribution < -0.4 is 0 Å². The maximum Gasteiger partial charge on any atom is 0.410 e. The van der Waals surface area contributed by atoms with Crippen LogP contribution in [0.1, 0.15) is 41.5 Å². The second-order valence-corrected chi connectivity index (χ2v) is 6.62. The topological polar surface area (TPSA) is 66.9 Å². The summed E-state index contributed by atoms with van der Waals surface area (Å²) in [6.45, 7) is 3.61. The van der Waals surface area contributed by atoms with E-state index in [1.165, 1.54) is 12.1 Å². The summed E-state index contributed by atoms with van der Waals surface area (Å²) in [4.78, 5) is 38.3. The molecule has 0 aliphatic carbocycles. The Hall–Kier alpha value is -2.51. The molecule has 0 fully saturated rings. The van der Waals surface area contributed by atoms with E-state index in [1.54, 1.807) is 32.9 Å². The van der Waals surface area contributed by atoms with Crippen molar-refractivity contribution in [2.24, 2.45) is 0 Å². The van der Waals surface area contributed by atoms with Crippen LogP contribution in [0.4, 0.5) is 13.6 Å². The van der Waals surface area contributed by atoms with Gasteiger partial charge in [0.05, 0.1) is 17.7 Å². The number of halogens is 2. The van der Waals surface area contributed by atoms with E-state index < -0.39 is 36.5 Å². The van der Waals surface area contributed by atoms with Gasteiger partial charge in [-0.1, -0.05) is 12.1 Å². The van der Waals surface area contributed by atoms with Gasteiger partial charge in [0.2, 0.25) is 0 Å². The molecular weight excluding hydrogens is 334 g/mol. The third-order valence-electron chi connectivity index (χ3n) is 3.48. The van der Waals surface area contributed by atoms with Crippen LogP contribution in [0.5, 0.6) is 0 Å². The maximum absolute atomic E-state index is 12.8. The fourth-order valence-corrected chi connectivity index (χ4v) is 2.41. The number of rotatable bonds is 5. The molecule has 1 aromatic rings. The first-order valence-electron chi connectivity index (χ1n) is 7.81. The minimum absolute atomic E-state index is 0.182. The van der Waals surface area contributed by atoms with Gasteiger partial charge < -0.3 is 9.64 Å². The number of hydrogen-bond acceptors (Lipinski definition) is 4. The lowest BCUT2D eigenvalue weighted by Gasteiger charge is -2.28. The molecule has 1 aliphatic heterocycles. The molecule has 0 radical (unpaired) electrons. The molecule has 2 rings (SSSR count). The molecule has 25 heavy (non-hydrogen) atoms. The van der Waals surface area contributed by atoms with E-state index in [9.17, 15) is 23.2 Å². The number of carbonyl (C=O) groups is 3. The standard InChI is InChI=1S/C17H20F2N2O4/c1-17(2,3)25-16(24)20(10-13(18)19)8-9-21-14(22)11-6-4-5-7-12(11)15(21)23/h4-7,13H,8-10H2,1-3H3. The summed E-state index contributed by atoms with van der Waals surface area (Å²) in [5.41, 5.74) is -0.303. The van der Waals surface area contributed by atoms with Crippen molar-refractivity contribution in [1.82, 2.24) is 9.80 Å². The minimum Gasteiger partial charge on any atom is -0.444 e. The average molecular weight is 354 g/mol. The lowest BCUT2D eigenvalue weighted by Crippen LogP contribution is -2.44. The number of amides is 3. The Balaban J connectivity index is 2.07. The predicted molar refractivity (Wildman–Crippen MR) is 85.6 cm³/mol. The number of hydrogen-bond donors (Lipinski definition) is 0. The summed E-state index contributed by atoms with van der Waals surface area (Å²) in [7, 11) is 0. The highest BCUT2D eigenvalue weighted by Crippen LogP contribution is 2.22. The fraction of sp³-hybridized carbons (Fsp3) is 0.471. The highest BCUT2D eigenvalue weighted by molar-refractivity contribution is 6.21. The van der Waals surface area contributed by atoms with Gasteiger partial charge in [0.1, 0.15) is 5.60 Å². The molecule has 136 valence electrons. The first kappa shape index (κ1) is 18.8. The highest BCUT2D eigenvalue weighted by atomic mass is 19.3. The lowest BCUT2D eigenvalue weighted by molar-refractivity contribution is 0.00831. The van der Waals surface area contributed by atoms with E-state index in [0.29, 0.717) is 0 Å². The molecule has 0 bridgehead atoms. The number of imide groups is 1. The van der Waals surface area contributed by atoms with E-state index in [1.807, 2.05) is 0 Å². The fourth-order valence-electron chi connectivity index (χ4n) is 2.41. The Labute approximate surface area is 144 Å². The van der Waals surface area contributed by atoms with E-state index >= 15 is 0 Å². The number of carbonyl (C=O) groups excluding carboxylic acids is 3. The minimum atomic E-state index is -2.75. The molecule has 0 spiro atoms. The lowest BCUT2D eigenvalue weighted by atomic mass is 10.1. The Bertz CT molecular complexity index is 650. The maximum atomic E-state index is 12.8. The largest absolute Gasteiger partial charge is 0.444 e.